The molecule has 170 valence electrons. The van der Waals surface area contributed by atoms with Gasteiger partial charge in [-0.3, -0.25) is 14.4 Å². The summed E-state index contributed by atoms with van der Waals surface area (Å²) < 4.78 is 11.9. The summed E-state index contributed by atoms with van der Waals surface area (Å²) in [6.07, 6.45) is 1.69. The van der Waals surface area contributed by atoms with Crippen LogP contribution >= 0.6 is 0 Å². The lowest BCUT2D eigenvalue weighted by Crippen LogP contribution is -2.59. The lowest BCUT2D eigenvalue weighted by molar-refractivity contribution is -0.162. The zero-order chi connectivity index (χ0) is 22.4. The van der Waals surface area contributed by atoms with Gasteiger partial charge in [0.15, 0.2) is 0 Å². The lowest BCUT2D eigenvalue weighted by atomic mass is 9.65. The number of ether oxygens (including phenoxy) is 2. The molecule has 0 aromatic rings. The molecule has 2 amide bonds. The van der Waals surface area contributed by atoms with E-state index in [2.05, 4.69) is 5.32 Å². The monoisotopic (exact) mass is 424 g/mol. The van der Waals surface area contributed by atoms with Crippen molar-refractivity contribution in [3.05, 3.63) is 0 Å². The van der Waals surface area contributed by atoms with E-state index in [0.717, 1.165) is 0 Å². The predicted octanol–water partition coefficient (Wildman–Crippen LogP) is 1.25. The summed E-state index contributed by atoms with van der Waals surface area (Å²) in [7, 11) is 0. The van der Waals surface area contributed by atoms with Crippen molar-refractivity contribution in [2.75, 3.05) is 13.2 Å². The normalized spacial score (nSPS) is 35.8. The van der Waals surface area contributed by atoms with E-state index in [1.165, 1.54) is 4.90 Å². The first-order chi connectivity index (χ1) is 14.1. The summed E-state index contributed by atoms with van der Waals surface area (Å²) in [4.78, 5) is 41.7. The summed E-state index contributed by atoms with van der Waals surface area (Å²) in [6.45, 7) is 11.2. The first-order valence-electron chi connectivity index (χ1n) is 11.2. The maximum atomic E-state index is 13.8. The fourth-order valence-electron chi connectivity index (χ4n) is 5.89. The van der Waals surface area contributed by atoms with Gasteiger partial charge in [-0.05, 0) is 46.0 Å². The second-order valence-corrected chi connectivity index (χ2v) is 9.49. The highest BCUT2D eigenvalue weighted by Crippen LogP contribution is 2.64. The zero-order valence-electron chi connectivity index (χ0n) is 18.9. The summed E-state index contributed by atoms with van der Waals surface area (Å²) in [5, 5.41) is 13.0. The van der Waals surface area contributed by atoms with Crippen LogP contribution in [-0.4, -0.2) is 70.3 Å². The SMILES string of the molecule is CCOC(=O)[C@@H]1[C@H]2C(=O)N([C@@H](CO)C(C)C)C(C(=O)NC(C)C)C23CC[C@@]1(CC)O3. The molecule has 3 aliphatic rings. The quantitative estimate of drug-likeness (QED) is 0.568. The van der Waals surface area contributed by atoms with E-state index < -0.39 is 41.1 Å². The van der Waals surface area contributed by atoms with E-state index in [9.17, 15) is 19.5 Å². The number of nitrogens with one attached hydrogen (secondary N) is 1. The number of rotatable bonds is 8. The molecule has 3 rings (SSSR count). The first-order valence-corrected chi connectivity index (χ1v) is 11.2. The maximum absolute atomic E-state index is 13.8. The topological polar surface area (TPSA) is 105 Å². The maximum Gasteiger partial charge on any atom is 0.312 e. The van der Waals surface area contributed by atoms with Gasteiger partial charge in [0.25, 0.3) is 0 Å². The molecular weight excluding hydrogens is 388 g/mol. The molecule has 0 saturated carbocycles. The number of carbonyl (C=O) groups is 3. The van der Waals surface area contributed by atoms with Crippen LogP contribution in [0, 0.1) is 17.8 Å². The number of amides is 2. The van der Waals surface area contributed by atoms with E-state index in [0.29, 0.717) is 19.3 Å². The van der Waals surface area contributed by atoms with Gasteiger partial charge in [0.2, 0.25) is 11.8 Å². The minimum Gasteiger partial charge on any atom is -0.466 e. The van der Waals surface area contributed by atoms with Crippen molar-refractivity contribution in [2.24, 2.45) is 17.8 Å². The average molecular weight is 425 g/mol. The molecule has 3 fully saturated rings. The van der Waals surface area contributed by atoms with Gasteiger partial charge in [0, 0.05) is 6.04 Å². The van der Waals surface area contributed by atoms with Crippen LogP contribution in [0.25, 0.3) is 0 Å². The Kier molecular flexibility index (Phi) is 6.22. The smallest absolute Gasteiger partial charge is 0.312 e. The minimum absolute atomic E-state index is 0.0677. The second-order valence-electron chi connectivity index (χ2n) is 9.49. The summed E-state index contributed by atoms with van der Waals surface area (Å²) in [6, 6.07) is -1.54. The molecule has 2 unspecified atom stereocenters. The number of hydrogen-bond acceptors (Lipinski definition) is 6. The summed E-state index contributed by atoms with van der Waals surface area (Å²) >= 11 is 0. The van der Waals surface area contributed by atoms with E-state index >= 15 is 0 Å². The number of hydrogen-bond donors (Lipinski definition) is 2. The third-order valence-corrected chi connectivity index (χ3v) is 7.15. The molecule has 2 bridgehead atoms. The first kappa shape index (κ1) is 23.0. The van der Waals surface area contributed by atoms with Crippen LogP contribution in [0.1, 0.15) is 60.8 Å². The van der Waals surface area contributed by atoms with E-state index in [-0.39, 0.29) is 37.0 Å². The van der Waals surface area contributed by atoms with Crippen LogP contribution in [0.2, 0.25) is 0 Å². The van der Waals surface area contributed by atoms with E-state index in [4.69, 9.17) is 9.47 Å². The van der Waals surface area contributed by atoms with Gasteiger partial charge in [-0.1, -0.05) is 20.8 Å². The fraction of sp³-hybridized carbons (Fsp3) is 0.864. The molecule has 3 aliphatic heterocycles. The summed E-state index contributed by atoms with van der Waals surface area (Å²) in [5.74, 6) is -2.61. The molecule has 0 radical (unpaired) electrons. The highest BCUT2D eigenvalue weighted by molar-refractivity contribution is 5.98. The van der Waals surface area contributed by atoms with E-state index in [1.54, 1.807) is 6.92 Å². The molecule has 3 heterocycles. The van der Waals surface area contributed by atoms with Crippen LogP contribution < -0.4 is 5.32 Å². The number of esters is 1. The van der Waals surface area contributed by atoms with Crippen molar-refractivity contribution in [3.63, 3.8) is 0 Å². The highest BCUT2D eigenvalue weighted by Gasteiger charge is 2.79. The van der Waals surface area contributed by atoms with Crippen molar-refractivity contribution in [1.82, 2.24) is 10.2 Å². The van der Waals surface area contributed by atoms with Crippen LogP contribution in [-0.2, 0) is 23.9 Å². The largest absolute Gasteiger partial charge is 0.466 e. The highest BCUT2D eigenvalue weighted by atomic mass is 16.6. The molecule has 1 spiro atoms. The third kappa shape index (κ3) is 3.14. The predicted molar refractivity (Wildman–Crippen MR) is 109 cm³/mol. The molecule has 0 aromatic heterocycles. The van der Waals surface area contributed by atoms with Crippen molar-refractivity contribution in [2.45, 2.75) is 90.1 Å². The van der Waals surface area contributed by atoms with Gasteiger partial charge < -0.3 is 24.8 Å². The molecule has 2 N–H and O–H groups in total. The fourth-order valence-corrected chi connectivity index (χ4v) is 5.89. The van der Waals surface area contributed by atoms with Crippen LogP contribution in [0.4, 0.5) is 0 Å². The number of likely N-dealkylation sites (tertiary alicyclic amines) is 1. The Balaban J connectivity index is 2.13. The Bertz CT molecular complexity index is 710. The van der Waals surface area contributed by atoms with Crippen LogP contribution in [0.5, 0.6) is 0 Å². The molecule has 6 atom stereocenters. The molecule has 8 heteroatoms. The Hall–Kier alpha value is -1.67. The molecule has 0 aromatic carbocycles. The Morgan fingerprint density at radius 3 is 2.43 bits per heavy atom. The zero-order valence-corrected chi connectivity index (χ0v) is 18.9. The van der Waals surface area contributed by atoms with Crippen LogP contribution in [0.15, 0.2) is 0 Å². The Labute approximate surface area is 178 Å². The van der Waals surface area contributed by atoms with Gasteiger partial charge in [0.05, 0.1) is 30.8 Å². The van der Waals surface area contributed by atoms with Gasteiger partial charge in [-0.15, -0.1) is 0 Å². The number of aliphatic hydroxyl groups is 1. The van der Waals surface area contributed by atoms with Gasteiger partial charge in [-0.25, -0.2) is 0 Å². The Morgan fingerprint density at radius 2 is 1.93 bits per heavy atom. The number of fused-ring (bicyclic) bond motifs is 1. The van der Waals surface area contributed by atoms with Gasteiger partial charge in [0.1, 0.15) is 17.6 Å². The molecule has 0 aliphatic carbocycles. The van der Waals surface area contributed by atoms with Crippen molar-refractivity contribution < 1.29 is 29.0 Å². The van der Waals surface area contributed by atoms with Crippen LogP contribution in [0.3, 0.4) is 0 Å². The Morgan fingerprint density at radius 1 is 1.27 bits per heavy atom. The minimum atomic E-state index is -1.08. The standard InChI is InChI=1S/C22H36N2O6/c1-7-21-9-10-22(30-21)15(16(21)20(28)29-8-2)19(27)24(14(11-25)12(3)4)17(22)18(26)23-13(5)6/h12-17,25H,7-11H2,1-6H3,(H,23,26)/t14-,15-,16-,17?,21+,22?/m0/s1. The molecule has 3 saturated heterocycles. The van der Waals surface area contributed by atoms with Gasteiger partial charge in [-0.2, -0.15) is 0 Å². The van der Waals surface area contributed by atoms with E-state index in [1.807, 2.05) is 34.6 Å². The average Bonchev–Trinajstić information content (AvgIpc) is 3.26. The third-order valence-electron chi connectivity index (χ3n) is 7.15. The van der Waals surface area contributed by atoms with Crippen molar-refractivity contribution >= 4 is 17.8 Å². The second kappa shape index (κ2) is 8.11. The lowest BCUT2D eigenvalue weighted by Gasteiger charge is -2.39. The van der Waals surface area contributed by atoms with Gasteiger partial charge >= 0.3 is 5.97 Å². The van der Waals surface area contributed by atoms with Crippen molar-refractivity contribution in [3.8, 4) is 0 Å². The van der Waals surface area contributed by atoms with Crippen molar-refractivity contribution in [1.29, 1.82) is 0 Å². The molecule has 30 heavy (non-hydrogen) atoms. The number of aliphatic hydroxyl groups excluding tert-OH is 1. The number of carbonyl (C=O) groups excluding carboxylic acids is 3. The number of nitrogens with zero attached hydrogens (tertiary/aromatic N) is 1. The summed E-state index contributed by atoms with van der Waals surface area (Å²) in [5.41, 5.74) is -1.87. The molecule has 8 nitrogen and oxygen atoms in total. The molecular formula is C22H36N2O6.